The minimum absolute atomic E-state index is 0.146. The zero-order chi connectivity index (χ0) is 12.8. The van der Waals surface area contributed by atoms with E-state index in [1.165, 1.54) is 11.1 Å². The lowest BCUT2D eigenvalue weighted by Gasteiger charge is -2.17. The molecule has 0 radical (unpaired) electrons. The van der Waals surface area contributed by atoms with E-state index in [0.29, 0.717) is 0 Å². The van der Waals surface area contributed by atoms with Crippen molar-refractivity contribution < 1.29 is 4.84 Å². The van der Waals surface area contributed by atoms with Gasteiger partial charge in [0.05, 0.1) is 11.6 Å². The van der Waals surface area contributed by atoms with Crippen molar-refractivity contribution in [2.75, 3.05) is 7.11 Å². The summed E-state index contributed by atoms with van der Waals surface area (Å²) in [5.74, 6) is 0.146. The van der Waals surface area contributed by atoms with Crippen LogP contribution in [0.5, 0.6) is 0 Å². The molecule has 0 aliphatic heterocycles. The van der Waals surface area contributed by atoms with Crippen LogP contribution in [0.15, 0.2) is 65.8 Å². The van der Waals surface area contributed by atoms with E-state index >= 15 is 0 Å². The molecular weight excluding hydrogens is 222 g/mol. The second-order valence-electron chi connectivity index (χ2n) is 4.17. The Bertz CT molecular complexity index is 466. The predicted molar refractivity (Wildman–Crippen MR) is 74.8 cm³/mol. The molecule has 0 fully saturated rings. The Balaban J connectivity index is 2.45. The van der Waals surface area contributed by atoms with Crippen LogP contribution >= 0.6 is 0 Å². The fourth-order valence-corrected chi connectivity index (χ4v) is 2.16. The summed E-state index contributed by atoms with van der Waals surface area (Å²) in [7, 11) is 1.58. The Morgan fingerprint density at radius 3 is 1.72 bits per heavy atom. The van der Waals surface area contributed by atoms with Gasteiger partial charge in [0.25, 0.3) is 0 Å². The summed E-state index contributed by atoms with van der Waals surface area (Å²) in [6.07, 6.45) is 0. The first kappa shape index (κ1) is 12.4. The summed E-state index contributed by atoms with van der Waals surface area (Å²) < 4.78 is 0. The smallest absolute Gasteiger partial charge is 0.106 e. The monoisotopic (exact) mass is 239 g/mol. The average Bonchev–Trinajstić information content (AvgIpc) is 2.42. The molecule has 0 saturated carbocycles. The van der Waals surface area contributed by atoms with Crippen molar-refractivity contribution in [3.8, 4) is 0 Å². The highest BCUT2D eigenvalue weighted by Crippen LogP contribution is 2.26. The van der Waals surface area contributed by atoms with E-state index < -0.39 is 0 Å². The van der Waals surface area contributed by atoms with Gasteiger partial charge < -0.3 is 4.84 Å². The van der Waals surface area contributed by atoms with Crippen LogP contribution < -0.4 is 0 Å². The van der Waals surface area contributed by atoms with Gasteiger partial charge in [0.1, 0.15) is 7.11 Å². The summed E-state index contributed by atoms with van der Waals surface area (Å²) in [6, 6.07) is 20.7. The first-order valence-corrected chi connectivity index (χ1v) is 6.00. The van der Waals surface area contributed by atoms with Crippen molar-refractivity contribution in [1.82, 2.24) is 0 Å². The average molecular weight is 239 g/mol. The van der Waals surface area contributed by atoms with Crippen LogP contribution in [-0.2, 0) is 4.84 Å². The van der Waals surface area contributed by atoms with Crippen LogP contribution in [0.3, 0.4) is 0 Å². The Kier molecular flexibility index (Phi) is 4.13. The lowest BCUT2D eigenvalue weighted by molar-refractivity contribution is 0.212. The SMILES string of the molecule is CO/N=C(\C)C(c1ccccc1)c1ccccc1. The van der Waals surface area contributed by atoms with Crippen LogP contribution in [0.2, 0.25) is 0 Å². The lowest BCUT2D eigenvalue weighted by Crippen LogP contribution is -2.11. The van der Waals surface area contributed by atoms with Gasteiger partial charge in [-0.15, -0.1) is 0 Å². The molecule has 0 spiro atoms. The second kappa shape index (κ2) is 6.01. The third-order valence-electron chi connectivity index (χ3n) is 2.92. The van der Waals surface area contributed by atoms with E-state index in [2.05, 4.69) is 29.4 Å². The summed E-state index contributed by atoms with van der Waals surface area (Å²) in [6.45, 7) is 1.99. The zero-order valence-electron chi connectivity index (χ0n) is 10.7. The summed E-state index contributed by atoms with van der Waals surface area (Å²) in [5, 5.41) is 4.09. The van der Waals surface area contributed by atoms with E-state index in [0.717, 1.165) is 5.71 Å². The molecule has 2 heteroatoms. The van der Waals surface area contributed by atoms with Gasteiger partial charge in [-0.25, -0.2) is 0 Å². The Hall–Kier alpha value is -2.09. The lowest BCUT2D eigenvalue weighted by atomic mass is 9.88. The van der Waals surface area contributed by atoms with Crippen molar-refractivity contribution in [1.29, 1.82) is 0 Å². The predicted octanol–water partition coefficient (Wildman–Crippen LogP) is 3.84. The maximum atomic E-state index is 4.92. The number of rotatable bonds is 4. The summed E-state index contributed by atoms with van der Waals surface area (Å²) in [5.41, 5.74) is 3.40. The summed E-state index contributed by atoms with van der Waals surface area (Å²) in [4.78, 5) is 4.92. The van der Waals surface area contributed by atoms with Gasteiger partial charge >= 0.3 is 0 Å². The largest absolute Gasteiger partial charge is 0.399 e. The molecule has 0 amide bonds. The van der Waals surface area contributed by atoms with Crippen LogP contribution in [0, 0.1) is 0 Å². The molecule has 2 nitrogen and oxygen atoms in total. The van der Waals surface area contributed by atoms with Gasteiger partial charge in [0.2, 0.25) is 0 Å². The van der Waals surface area contributed by atoms with Gasteiger partial charge in [-0.05, 0) is 18.1 Å². The fourth-order valence-electron chi connectivity index (χ4n) is 2.16. The molecule has 0 unspecified atom stereocenters. The molecule has 2 aromatic rings. The normalized spacial score (nSPS) is 11.6. The van der Waals surface area contributed by atoms with Crippen LogP contribution in [-0.4, -0.2) is 12.8 Å². The molecule has 0 aliphatic rings. The standard InChI is InChI=1S/C16H17NO/c1-13(17-18-2)16(14-9-5-3-6-10-14)15-11-7-4-8-12-15/h3-12,16H,1-2H3/b17-13+. The molecule has 0 bridgehead atoms. The molecular formula is C16H17NO. The topological polar surface area (TPSA) is 21.6 Å². The maximum Gasteiger partial charge on any atom is 0.106 e. The van der Waals surface area contributed by atoms with Gasteiger partial charge in [-0.1, -0.05) is 65.8 Å². The van der Waals surface area contributed by atoms with Crippen molar-refractivity contribution in [3.63, 3.8) is 0 Å². The highest BCUT2D eigenvalue weighted by Gasteiger charge is 2.17. The molecule has 0 aromatic heterocycles. The van der Waals surface area contributed by atoms with Gasteiger partial charge in [0.15, 0.2) is 0 Å². The van der Waals surface area contributed by atoms with E-state index in [1.807, 2.05) is 43.3 Å². The van der Waals surface area contributed by atoms with Crippen LogP contribution in [0.4, 0.5) is 0 Å². The fraction of sp³-hybridized carbons (Fsp3) is 0.188. The first-order valence-electron chi connectivity index (χ1n) is 6.00. The minimum atomic E-state index is 0.146. The second-order valence-corrected chi connectivity index (χ2v) is 4.17. The van der Waals surface area contributed by atoms with E-state index in [-0.39, 0.29) is 5.92 Å². The molecule has 0 atom stereocenters. The van der Waals surface area contributed by atoms with Crippen molar-refractivity contribution in [2.24, 2.45) is 5.16 Å². The Morgan fingerprint density at radius 2 is 1.33 bits per heavy atom. The Morgan fingerprint density at radius 1 is 0.889 bits per heavy atom. The van der Waals surface area contributed by atoms with E-state index in [4.69, 9.17) is 4.84 Å². The molecule has 0 N–H and O–H groups in total. The molecule has 0 aliphatic carbocycles. The van der Waals surface area contributed by atoms with Crippen molar-refractivity contribution >= 4 is 5.71 Å². The summed E-state index contributed by atoms with van der Waals surface area (Å²) >= 11 is 0. The Labute approximate surface area is 108 Å². The van der Waals surface area contributed by atoms with Crippen LogP contribution in [0.25, 0.3) is 0 Å². The van der Waals surface area contributed by atoms with Crippen molar-refractivity contribution in [3.05, 3.63) is 71.8 Å². The van der Waals surface area contributed by atoms with Gasteiger partial charge in [0, 0.05) is 0 Å². The van der Waals surface area contributed by atoms with Crippen LogP contribution in [0.1, 0.15) is 24.0 Å². The highest BCUT2D eigenvalue weighted by atomic mass is 16.6. The quantitative estimate of drug-likeness (QED) is 0.586. The number of hydrogen-bond acceptors (Lipinski definition) is 2. The van der Waals surface area contributed by atoms with E-state index in [9.17, 15) is 0 Å². The minimum Gasteiger partial charge on any atom is -0.399 e. The third kappa shape index (κ3) is 2.77. The third-order valence-corrected chi connectivity index (χ3v) is 2.92. The molecule has 18 heavy (non-hydrogen) atoms. The highest BCUT2D eigenvalue weighted by molar-refractivity contribution is 5.91. The zero-order valence-corrected chi connectivity index (χ0v) is 10.7. The maximum absolute atomic E-state index is 4.92. The molecule has 0 saturated heterocycles. The van der Waals surface area contributed by atoms with Gasteiger partial charge in [-0.2, -0.15) is 0 Å². The number of nitrogens with zero attached hydrogens (tertiary/aromatic N) is 1. The molecule has 2 aromatic carbocycles. The number of oxime groups is 1. The molecule has 92 valence electrons. The number of benzene rings is 2. The molecule has 2 rings (SSSR count). The van der Waals surface area contributed by atoms with E-state index in [1.54, 1.807) is 7.11 Å². The number of hydrogen-bond donors (Lipinski definition) is 0. The van der Waals surface area contributed by atoms with Gasteiger partial charge in [-0.3, -0.25) is 0 Å². The first-order chi connectivity index (χ1) is 8.83. The van der Waals surface area contributed by atoms with Crippen molar-refractivity contribution in [2.45, 2.75) is 12.8 Å². The molecule has 0 heterocycles.